The largest absolute Gasteiger partial charge is 0.336 e. The highest BCUT2D eigenvalue weighted by Gasteiger charge is 2.22. The molecule has 0 aliphatic heterocycles. The molecular weight excluding hydrogens is 360 g/mol. The summed E-state index contributed by atoms with van der Waals surface area (Å²) in [6, 6.07) is 16.6. The number of hydrogen-bond donors (Lipinski definition) is 0. The average Bonchev–Trinajstić information content (AvgIpc) is 2.68. The predicted octanol–water partition coefficient (Wildman–Crippen LogP) is 2.72. The Labute approximate surface area is 160 Å². The number of nitro groups is 1. The Morgan fingerprint density at radius 2 is 1.79 bits per heavy atom. The number of rotatable bonds is 5. The van der Waals surface area contributed by atoms with E-state index in [-0.39, 0.29) is 17.1 Å². The number of para-hydroxylation sites is 2. The third kappa shape index (κ3) is 3.80. The Hall–Kier alpha value is -3.81. The molecule has 3 rings (SSSR count). The zero-order valence-corrected chi connectivity index (χ0v) is 15.4. The lowest BCUT2D eigenvalue weighted by Crippen LogP contribution is -2.33. The van der Waals surface area contributed by atoms with E-state index in [2.05, 4.69) is 5.10 Å². The quantitative estimate of drug-likeness (QED) is 0.502. The number of carbonyl (C=O) groups is 1. The van der Waals surface area contributed by atoms with Crippen LogP contribution in [0.2, 0.25) is 0 Å². The molecule has 0 atom stereocenters. The maximum atomic E-state index is 12.8. The first-order valence-electron chi connectivity index (χ1n) is 8.52. The van der Waals surface area contributed by atoms with Gasteiger partial charge in [-0.15, -0.1) is 0 Å². The Bertz CT molecular complexity index is 1090. The van der Waals surface area contributed by atoms with Crippen LogP contribution in [0.4, 0.5) is 5.69 Å². The van der Waals surface area contributed by atoms with Crippen molar-refractivity contribution in [1.29, 1.82) is 0 Å². The number of nitro benzene ring substituents is 1. The third-order valence-electron chi connectivity index (χ3n) is 4.23. The van der Waals surface area contributed by atoms with E-state index in [0.717, 1.165) is 5.56 Å². The predicted molar refractivity (Wildman–Crippen MR) is 103 cm³/mol. The van der Waals surface area contributed by atoms with Gasteiger partial charge < -0.3 is 4.90 Å². The van der Waals surface area contributed by atoms with Crippen LogP contribution in [0.15, 0.2) is 65.5 Å². The highest BCUT2D eigenvalue weighted by Crippen LogP contribution is 2.22. The van der Waals surface area contributed by atoms with Gasteiger partial charge in [0, 0.05) is 31.4 Å². The summed E-state index contributed by atoms with van der Waals surface area (Å²) >= 11 is 0. The van der Waals surface area contributed by atoms with E-state index >= 15 is 0 Å². The fourth-order valence-electron chi connectivity index (χ4n) is 2.85. The molecule has 0 radical (unpaired) electrons. The van der Waals surface area contributed by atoms with Crippen molar-refractivity contribution in [3.8, 4) is 5.69 Å². The summed E-state index contributed by atoms with van der Waals surface area (Å²) in [6.07, 6.45) is 0. The van der Waals surface area contributed by atoms with Gasteiger partial charge >= 0.3 is 0 Å². The van der Waals surface area contributed by atoms with Gasteiger partial charge in [-0.05, 0) is 18.6 Å². The number of benzene rings is 2. The number of amides is 1. The number of nitrogens with zero attached hydrogens (tertiary/aromatic N) is 4. The summed E-state index contributed by atoms with van der Waals surface area (Å²) in [5.74, 6) is -0.554. The minimum Gasteiger partial charge on any atom is -0.336 e. The smallest absolute Gasteiger partial charge is 0.294 e. The first-order valence-corrected chi connectivity index (χ1v) is 8.52. The zero-order chi connectivity index (χ0) is 20.3. The van der Waals surface area contributed by atoms with Crippen LogP contribution in [0.1, 0.15) is 21.7 Å². The second-order valence-corrected chi connectivity index (χ2v) is 6.30. The molecule has 0 saturated carbocycles. The third-order valence-corrected chi connectivity index (χ3v) is 4.23. The molecule has 0 unspecified atom stereocenters. The molecule has 0 spiro atoms. The summed E-state index contributed by atoms with van der Waals surface area (Å²) in [6.45, 7) is 1.91. The first kappa shape index (κ1) is 19.0. The molecule has 0 bridgehead atoms. The second-order valence-electron chi connectivity index (χ2n) is 6.30. The summed E-state index contributed by atoms with van der Waals surface area (Å²) in [5.41, 5.74) is 0.494. The van der Waals surface area contributed by atoms with Gasteiger partial charge in [0.25, 0.3) is 11.6 Å². The molecule has 0 N–H and O–H groups in total. The van der Waals surface area contributed by atoms with E-state index in [1.54, 1.807) is 26.1 Å². The average molecular weight is 378 g/mol. The van der Waals surface area contributed by atoms with Crippen LogP contribution in [0.3, 0.4) is 0 Å². The van der Waals surface area contributed by atoms with Crippen LogP contribution in [-0.2, 0) is 6.54 Å². The molecule has 0 aliphatic rings. The van der Waals surface area contributed by atoms with E-state index in [9.17, 15) is 19.7 Å². The van der Waals surface area contributed by atoms with Crippen molar-refractivity contribution >= 4 is 11.6 Å². The molecule has 2 aromatic carbocycles. The van der Waals surface area contributed by atoms with Gasteiger partial charge in [-0.3, -0.25) is 19.7 Å². The van der Waals surface area contributed by atoms with Gasteiger partial charge in [0.2, 0.25) is 5.43 Å². The van der Waals surface area contributed by atoms with Gasteiger partial charge in [0.1, 0.15) is 5.69 Å². The van der Waals surface area contributed by atoms with Crippen LogP contribution in [0.5, 0.6) is 0 Å². The minimum absolute atomic E-state index is 0.169. The Balaban J connectivity index is 2.02. The van der Waals surface area contributed by atoms with Crippen molar-refractivity contribution in [2.45, 2.75) is 13.5 Å². The Morgan fingerprint density at radius 1 is 1.14 bits per heavy atom. The van der Waals surface area contributed by atoms with Gasteiger partial charge in [-0.2, -0.15) is 5.10 Å². The van der Waals surface area contributed by atoms with Gasteiger partial charge in [-0.1, -0.05) is 42.5 Å². The lowest BCUT2D eigenvalue weighted by atomic mass is 10.2. The molecule has 8 nitrogen and oxygen atoms in total. The molecule has 8 heteroatoms. The van der Waals surface area contributed by atoms with E-state index < -0.39 is 16.3 Å². The molecule has 0 aliphatic carbocycles. The van der Waals surface area contributed by atoms with Crippen molar-refractivity contribution in [1.82, 2.24) is 14.7 Å². The van der Waals surface area contributed by atoms with Gasteiger partial charge in [0.05, 0.1) is 4.92 Å². The molecule has 28 heavy (non-hydrogen) atoms. The fourth-order valence-corrected chi connectivity index (χ4v) is 2.85. The zero-order valence-electron chi connectivity index (χ0n) is 15.4. The van der Waals surface area contributed by atoms with Crippen molar-refractivity contribution in [3.63, 3.8) is 0 Å². The van der Waals surface area contributed by atoms with Crippen LogP contribution in [0, 0.1) is 17.0 Å². The maximum absolute atomic E-state index is 12.8. The normalized spacial score (nSPS) is 10.5. The number of hydrogen-bond acceptors (Lipinski definition) is 5. The van der Waals surface area contributed by atoms with Crippen molar-refractivity contribution in [2.75, 3.05) is 7.05 Å². The minimum atomic E-state index is -0.554. The van der Waals surface area contributed by atoms with E-state index in [4.69, 9.17) is 0 Å². The summed E-state index contributed by atoms with van der Waals surface area (Å²) < 4.78 is 1.25. The Kier molecular flexibility index (Phi) is 5.30. The number of carbonyl (C=O) groups excluding carboxylic acids is 1. The monoisotopic (exact) mass is 378 g/mol. The van der Waals surface area contributed by atoms with Crippen LogP contribution >= 0.6 is 0 Å². The fraction of sp³-hybridized carbons (Fsp3) is 0.150. The molecule has 142 valence electrons. The molecular formula is C20H18N4O4. The molecule has 1 heterocycles. The van der Waals surface area contributed by atoms with E-state index in [1.165, 1.54) is 27.8 Å². The van der Waals surface area contributed by atoms with Crippen molar-refractivity contribution in [3.05, 3.63) is 98.0 Å². The van der Waals surface area contributed by atoms with Gasteiger partial charge in [-0.25, -0.2) is 4.68 Å². The highest BCUT2D eigenvalue weighted by molar-refractivity contribution is 5.91. The summed E-state index contributed by atoms with van der Waals surface area (Å²) in [5, 5.41) is 15.5. The maximum Gasteiger partial charge on any atom is 0.294 e. The highest BCUT2D eigenvalue weighted by atomic mass is 16.6. The van der Waals surface area contributed by atoms with Crippen molar-refractivity contribution < 1.29 is 9.72 Å². The molecule has 1 aromatic heterocycles. The summed E-state index contributed by atoms with van der Waals surface area (Å²) in [4.78, 5) is 37.4. The molecule has 1 amide bonds. The molecule has 0 saturated heterocycles. The first-order chi connectivity index (χ1) is 13.4. The number of aryl methyl sites for hydroxylation is 1. The van der Waals surface area contributed by atoms with E-state index in [1.807, 2.05) is 30.3 Å². The Morgan fingerprint density at radius 3 is 2.46 bits per heavy atom. The van der Waals surface area contributed by atoms with Crippen molar-refractivity contribution in [2.24, 2.45) is 0 Å². The van der Waals surface area contributed by atoms with Crippen LogP contribution in [0.25, 0.3) is 5.69 Å². The molecule has 0 fully saturated rings. The topological polar surface area (TPSA) is 98.3 Å². The SMILES string of the molecule is Cc1cc(=O)c(C(=O)N(C)Cc2ccccc2)nn1-c1ccccc1[N+](=O)[O-]. The van der Waals surface area contributed by atoms with E-state index in [0.29, 0.717) is 12.2 Å². The number of aromatic nitrogens is 2. The van der Waals surface area contributed by atoms with Crippen LogP contribution in [-0.4, -0.2) is 32.6 Å². The van der Waals surface area contributed by atoms with Crippen LogP contribution < -0.4 is 5.43 Å². The lowest BCUT2D eigenvalue weighted by Gasteiger charge is -2.18. The molecule has 3 aromatic rings. The summed E-state index contributed by atoms with van der Waals surface area (Å²) in [7, 11) is 1.58. The standard InChI is InChI=1S/C20H18N4O4/c1-14-12-18(25)19(20(26)22(2)13-15-8-4-3-5-9-15)21-23(14)16-10-6-7-11-17(16)24(27)28/h3-12H,13H2,1-2H3. The second kappa shape index (κ2) is 7.83. The van der Waals surface area contributed by atoms with Gasteiger partial charge in [0.15, 0.2) is 5.69 Å². The lowest BCUT2D eigenvalue weighted by molar-refractivity contribution is -0.384.